The van der Waals surface area contributed by atoms with Gasteiger partial charge in [0.2, 0.25) is 0 Å². The molecule has 4 nitrogen and oxygen atoms in total. The fraction of sp³-hybridized carbons (Fsp3) is 0.562. The van der Waals surface area contributed by atoms with Crippen molar-refractivity contribution in [3.05, 3.63) is 35.6 Å². The number of ether oxygens (including phenoxy) is 1. The molecule has 5 heteroatoms. The van der Waals surface area contributed by atoms with Crippen LogP contribution < -0.4 is 5.73 Å². The van der Waals surface area contributed by atoms with Gasteiger partial charge in [0.15, 0.2) is 0 Å². The quantitative estimate of drug-likeness (QED) is 0.866. The molecule has 0 aliphatic carbocycles. The zero-order valence-corrected chi connectivity index (χ0v) is 12.8. The third-order valence-corrected chi connectivity index (χ3v) is 3.62. The summed E-state index contributed by atoms with van der Waals surface area (Å²) in [6.07, 6.45) is 0.272. The average molecular weight is 294 g/mol. The van der Waals surface area contributed by atoms with E-state index in [4.69, 9.17) is 10.5 Å². The van der Waals surface area contributed by atoms with E-state index in [9.17, 15) is 9.18 Å². The molecule has 0 saturated carbocycles. The Labute approximate surface area is 125 Å². The van der Waals surface area contributed by atoms with Crippen molar-refractivity contribution in [2.24, 2.45) is 5.73 Å². The van der Waals surface area contributed by atoms with E-state index in [0.29, 0.717) is 25.1 Å². The van der Waals surface area contributed by atoms with Crippen LogP contribution in [0.1, 0.15) is 38.7 Å². The Morgan fingerprint density at radius 2 is 2.05 bits per heavy atom. The molecule has 1 saturated heterocycles. The highest BCUT2D eigenvalue weighted by Crippen LogP contribution is 2.28. The average Bonchev–Trinajstić information content (AvgIpc) is 2.38. The molecule has 0 radical (unpaired) electrons. The summed E-state index contributed by atoms with van der Waals surface area (Å²) < 4.78 is 19.3. The molecule has 1 aliphatic rings. The minimum absolute atomic E-state index is 0.152. The second-order valence-electron chi connectivity index (χ2n) is 6.51. The summed E-state index contributed by atoms with van der Waals surface area (Å²) in [7, 11) is 0. The van der Waals surface area contributed by atoms with Crippen molar-refractivity contribution in [2.45, 2.75) is 44.8 Å². The third kappa shape index (κ3) is 3.94. The number of amides is 1. The Morgan fingerprint density at radius 3 is 2.67 bits per heavy atom. The first kappa shape index (κ1) is 15.8. The number of hydrogen-bond donors (Lipinski definition) is 1. The van der Waals surface area contributed by atoms with E-state index in [1.165, 1.54) is 6.07 Å². The van der Waals surface area contributed by atoms with E-state index in [2.05, 4.69) is 0 Å². The number of carbonyl (C=O) groups excluding carboxylic acids is 1. The minimum atomic E-state index is -0.538. The van der Waals surface area contributed by atoms with E-state index in [-0.39, 0.29) is 23.9 Å². The predicted octanol–water partition coefficient (Wildman–Crippen LogP) is 2.88. The molecule has 0 aromatic heterocycles. The monoisotopic (exact) mass is 294 g/mol. The minimum Gasteiger partial charge on any atom is -0.444 e. The number of halogens is 1. The van der Waals surface area contributed by atoms with E-state index >= 15 is 0 Å². The molecule has 1 aromatic rings. The molecule has 1 aromatic carbocycles. The Kier molecular flexibility index (Phi) is 4.52. The second kappa shape index (κ2) is 6.02. The zero-order chi connectivity index (χ0) is 15.6. The van der Waals surface area contributed by atoms with Crippen LogP contribution in [0.15, 0.2) is 24.3 Å². The number of carbonyl (C=O) groups is 1. The smallest absolute Gasteiger partial charge is 0.410 e. The molecule has 1 aliphatic heterocycles. The summed E-state index contributed by atoms with van der Waals surface area (Å²) in [5, 5.41) is 0. The van der Waals surface area contributed by atoms with Gasteiger partial charge in [0.25, 0.3) is 0 Å². The van der Waals surface area contributed by atoms with Crippen LogP contribution in [0.4, 0.5) is 9.18 Å². The SMILES string of the molecule is CC(C)(C)OC(=O)N1CC[C@@H](N)[C@@H](c2ccccc2F)C1. The highest BCUT2D eigenvalue weighted by Gasteiger charge is 2.33. The van der Waals surface area contributed by atoms with Gasteiger partial charge in [-0.05, 0) is 38.8 Å². The largest absolute Gasteiger partial charge is 0.444 e. The molecule has 1 fully saturated rings. The normalized spacial score (nSPS) is 23.0. The number of benzene rings is 1. The van der Waals surface area contributed by atoms with Crippen LogP contribution in [-0.4, -0.2) is 35.7 Å². The van der Waals surface area contributed by atoms with Crippen LogP contribution in [0.25, 0.3) is 0 Å². The molecule has 2 atom stereocenters. The Balaban J connectivity index is 2.13. The zero-order valence-electron chi connectivity index (χ0n) is 12.8. The van der Waals surface area contributed by atoms with Crippen molar-refractivity contribution in [1.29, 1.82) is 0 Å². The topological polar surface area (TPSA) is 55.6 Å². The van der Waals surface area contributed by atoms with Crippen LogP contribution >= 0.6 is 0 Å². The summed E-state index contributed by atoms with van der Waals surface area (Å²) in [5.41, 5.74) is 6.15. The lowest BCUT2D eigenvalue weighted by molar-refractivity contribution is 0.0185. The molecule has 116 valence electrons. The van der Waals surface area contributed by atoms with Gasteiger partial charge in [0.1, 0.15) is 11.4 Å². The van der Waals surface area contributed by atoms with Crippen molar-refractivity contribution in [1.82, 2.24) is 4.90 Å². The van der Waals surface area contributed by atoms with Crippen molar-refractivity contribution in [2.75, 3.05) is 13.1 Å². The lowest BCUT2D eigenvalue weighted by Gasteiger charge is -2.37. The Hall–Kier alpha value is -1.62. The van der Waals surface area contributed by atoms with Crippen LogP contribution in [0.2, 0.25) is 0 Å². The third-order valence-electron chi connectivity index (χ3n) is 3.62. The molecule has 0 unspecified atom stereocenters. The summed E-state index contributed by atoms with van der Waals surface area (Å²) in [5.74, 6) is -0.476. The first-order valence-electron chi connectivity index (χ1n) is 7.26. The van der Waals surface area contributed by atoms with Gasteiger partial charge < -0.3 is 15.4 Å². The number of hydrogen-bond acceptors (Lipinski definition) is 3. The first-order chi connectivity index (χ1) is 9.78. The molecule has 1 heterocycles. The second-order valence-corrected chi connectivity index (χ2v) is 6.51. The van der Waals surface area contributed by atoms with E-state index in [1.54, 1.807) is 23.1 Å². The standard InChI is InChI=1S/C16H23FN2O2/c1-16(2,3)21-15(20)19-9-8-14(18)12(10-19)11-6-4-5-7-13(11)17/h4-7,12,14H,8-10,18H2,1-3H3/t12-,14-/m1/s1. The maximum Gasteiger partial charge on any atom is 0.410 e. The van der Waals surface area contributed by atoms with Gasteiger partial charge in [-0.2, -0.15) is 0 Å². The number of likely N-dealkylation sites (tertiary alicyclic amines) is 1. The van der Waals surface area contributed by atoms with Crippen LogP contribution in [0.3, 0.4) is 0 Å². The fourth-order valence-electron chi connectivity index (χ4n) is 2.57. The molecule has 21 heavy (non-hydrogen) atoms. The van der Waals surface area contributed by atoms with Gasteiger partial charge >= 0.3 is 6.09 Å². The van der Waals surface area contributed by atoms with Crippen molar-refractivity contribution >= 4 is 6.09 Å². The summed E-state index contributed by atoms with van der Waals surface area (Å²) in [6.45, 7) is 6.41. The van der Waals surface area contributed by atoms with Gasteiger partial charge in [0.05, 0.1) is 0 Å². The van der Waals surface area contributed by atoms with Gasteiger partial charge in [-0.25, -0.2) is 9.18 Å². The molecular formula is C16H23FN2O2. The van der Waals surface area contributed by atoms with E-state index in [0.717, 1.165) is 0 Å². The fourth-order valence-corrected chi connectivity index (χ4v) is 2.57. The van der Waals surface area contributed by atoms with Gasteiger partial charge in [-0.15, -0.1) is 0 Å². The lowest BCUT2D eigenvalue weighted by Crippen LogP contribution is -2.49. The van der Waals surface area contributed by atoms with Crippen molar-refractivity contribution in [3.8, 4) is 0 Å². The maximum atomic E-state index is 14.0. The summed E-state index contributed by atoms with van der Waals surface area (Å²) in [4.78, 5) is 13.8. The maximum absolute atomic E-state index is 14.0. The molecule has 1 amide bonds. The molecule has 2 N–H and O–H groups in total. The van der Waals surface area contributed by atoms with Crippen LogP contribution in [-0.2, 0) is 4.74 Å². The number of nitrogens with zero attached hydrogens (tertiary/aromatic N) is 1. The number of rotatable bonds is 1. The summed E-state index contributed by atoms with van der Waals surface area (Å²) >= 11 is 0. The summed E-state index contributed by atoms with van der Waals surface area (Å²) in [6, 6.07) is 6.45. The van der Waals surface area contributed by atoms with E-state index in [1.807, 2.05) is 20.8 Å². The van der Waals surface area contributed by atoms with E-state index < -0.39 is 5.60 Å². The van der Waals surface area contributed by atoms with Gasteiger partial charge in [-0.1, -0.05) is 18.2 Å². The molecule has 0 spiro atoms. The lowest BCUT2D eigenvalue weighted by atomic mass is 9.86. The molecular weight excluding hydrogens is 271 g/mol. The van der Waals surface area contributed by atoms with Crippen molar-refractivity contribution in [3.63, 3.8) is 0 Å². The van der Waals surface area contributed by atoms with Gasteiger partial charge in [-0.3, -0.25) is 0 Å². The van der Waals surface area contributed by atoms with Crippen molar-refractivity contribution < 1.29 is 13.9 Å². The Morgan fingerprint density at radius 1 is 1.38 bits per heavy atom. The highest BCUT2D eigenvalue weighted by atomic mass is 19.1. The van der Waals surface area contributed by atoms with Crippen LogP contribution in [0, 0.1) is 5.82 Å². The molecule has 0 bridgehead atoms. The predicted molar refractivity (Wildman–Crippen MR) is 79.5 cm³/mol. The Bertz CT molecular complexity index is 513. The van der Waals surface area contributed by atoms with Gasteiger partial charge in [0, 0.05) is 25.0 Å². The van der Waals surface area contributed by atoms with Crippen LogP contribution in [0.5, 0.6) is 0 Å². The first-order valence-corrected chi connectivity index (χ1v) is 7.26. The number of nitrogens with two attached hydrogens (primary N) is 1. The highest BCUT2D eigenvalue weighted by molar-refractivity contribution is 5.68. The molecule has 2 rings (SSSR count). The number of piperidine rings is 1.